The molecule has 0 aromatic heterocycles. The van der Waals surface area contributed by atoms with Crippen molar-refractivity contribution in [2.24, 2.45) is 4.99 Å². The number of aryl methyl sites for hydroxylation is 1. The highest BCUT2D eigenvalue weighted by molar-refractivity contribution is 8.93. The molecule has 0 atom stereocenters. The first-order valence-electron chi connectivity index (χ1n) is 8.40. The van der Waals surface area contributed by atoms with Crippen LogP contribution in [0, 0.1) is 6.92 Å². The van der Waals surface area contributed by atoms with Gasteiger partial charge in [0.1, 0.15) is 5.84 Å². The first kappa shape index (κ1) is 20.9. The second-order valence-corrected chi connectivity index (χ2v) is 7.05. The molecule has 2 aromatic rings. The molecule has 0 bridgehead atoms. The maximum absolute atomic E-state index is 12.8. The number of carbonyl (C=O) groups is 1. The van der Waals surface area contributed by atoms with Crippen molar-refractivity contribution in [1.82, 2.24) is 0 Å². The number of benzene rings is 2. The third-order valence-corrected chi connectivity index (χ3v) is 5.01. The maximum Gasteiger partial charge on any atom is 0.182 e. The minimum absolute atomic E-state index is 0. The lowest BCUT2D eigenvalue weighted by molar-refractivity contribution is 0.100. The molecule has 1 heterocycles. The summed E-state index contributed by atoms with van der Waals surface area (Å²) < 4.78 is 0. The molecule has 0 radical (unpaired) electrons. The molecule has 0 spiro atoms. The van der Waals surface area contributed by atoms with Gasteiger partial charge in [-0.15, -0.1) is 17.0 Å². The summed E-state index contributed by atoms with van der Waals surface area (Å²) >= 11 is 12.0. The van der Waals surface area contributed by atoms with Crippen molar-refractivity contribution in [3.05, 3.63) is 63.6 Å². The summed E-state index contributed by atoms with van der Waals surface area (Å²) in [5.74, 6) is 0.971. The van der Waals surface area contributed by atoms with Crippen molar-refractivity contribution in [1.29, 1.82) is 0 Å². The van der Waals surface area contributed by atoms with E-state index in [1.807, 2.05) is 30.0 Å². The number of Topliss-reactive ketones (excluding diaryl/α,β-unsaturated/α-hetero) is 1. The van der Waals surface area contributed by atoms with Crippen LogP contribution < -0.4 is 4.90 Å². The lowest BCUT2D eigenvalue weighted by Crippen LogP contribution is -2.37. The van der Waals surface area contributed by atoms with E-state index in [0.717, 1.165) is 42.9 Å². The van der Waals surface area contributed by atoms with E-state index in [-0.39, 0.29) is 29.3 Å². The van der Waals surface area contributed by atoms with Gasteiger partial charge in [0.25, 0.3) is 0 Å². The van der Waals surface area contributed by atoms with Crippen molar-refractivity contribution in [3.8, 4) is 0 Å². The standard InChI is InChI=1S/C20H20Cl2N2O.BrH/c1-14-5-4-6-16(11-14)24(20-7-2-3-10-23-20)13-19(25)15-8-9-17(21)18(22)12-15;/h4-6,8-9,11-12H,2-3,7,10,13H2,1H3;1H. The molecule has 0 N–H and O–H groups in total. The molecule has 0 amide bonds. The summed E-state index contributed by atoms with van der Waals surface area (Å²) in [6.45, 7) is 3.10. The van der Waals surface area contributed by atoms with Crippen LogP contribution in [0.15, 0.2) is 47.5 Å². The van der Waals surface area contributed by atoms with E-state index < -0.39 is 0 Å². The number of nitrogens with zero attached hydrogens (tertiary/aromatic N) is 2. The molecule has 0 aliphatic carbocycles. The fraction of sp³-hybridized carbons (Fsp3) is 0.300. The highest BCUT2D eigenvalue weighted by Gasteiger charge is 2.20. The molecule has 0 fully saturated rings. The highest BCUT2D eigenvalue weighted by Crippen LogP contribution is 2.24. The van der Waals surface area contributed by atoms with Gasteiger partial charge in [0.2, 0.25) is 0 Å². The summed E-state index contributed by atoms with van der Waals surface area (Å²) in [6, 6.07) is 13.2. The zero-order valence-corrected chi connectivity index (χ0v) is 17.8. The van der Waals surface area contributed by atoms with Crippen LogP contribution in [0.3, 0.4) is 0 Å². The van der Waals surface area contributed by atoms with Gasteiger partial charge in [0.15, 0.2) is 5.78 Å². The van der Waals surface area contributed by atoms with Gasteiger partial charge in [-0.25, -0.2) is 0 Å². The van der Waals surface area contributed by atoms with Crippen molar-refractivity contribution < 1.29 is 4.79 Å². The number of amidine groups is 1. The fourth-order valence-corrected chi connectivity index (χ4v) is 3.23. The molecule has 0 saturated carbocycles. The van der Waals surface area contributed by atoms with Gasteiger partial charge >= 0.3 is 0 Å². The largest absolute Gasteiger partial charge is 0.322 e. The third-order valence-electron chi connectivity index (χ3n) is 4.27. The summed E-state index contributed by atoms with van der Waals surface area (Å²) in [6.07, 6.45) is 3.09. The van der Waals surface area contributed by atoms with E-state index in [9.17, 15) is 4.79 Å². The molecule has 3 nitrogen and oxygen atoms in total. The van der Waals surface area contributed by atoms with Crippen LogP contribution in [0.2, 0.25) is 10.0 Å². The Bertz CT molecular complexity index is 823. The Morgan fingerprint density at radius 3 is 2.58 bits per heavy atom. The summed E-state index contributed by atoms with van der Waals surface area (Å²) in [5.41, 5.74) is 2.71. The molecular weight excluding hydrogens is 435 g/mol. The Kier molecular flexibility index (Phi) is 7.69. The smallest absolute Gasteiger partial charge is 0.182 e. The van der Waals surface area contributed by atoms with Gasteiger partial charge in [-0.3, -0.25) is 9.79 Å². The minimum Gasteiger partial charge on any atom is -0.322 e. The Labute approximate surface area is 174 Å². The van der Waals surface area contributed by atoms with E-state index >= 15 is 0 Å². The van der Waals surface area contributed by atoms with E-state index in [2.05, 4.69) is 11.1 Å². The van der Waals surface area contributed by atoms with Gasteiger partial charge in [0, 0.05) is 24.2 Å². The van der Waals surface area contributed by atoms with Crippen LogP contribution in [0.1, 0.15) is 35.2 Å². The predicted molar refractivity (Wildman–Crippen MR) is 116 cm³/mol. The molecule has 0 unspecified atom stereocenters. The molecule has 26 heavy (non-hydrogen) atoms. The fourth-order valence-electron chi connectivity index (χ4n) is 2.93. The van der Waals surface area contributed by atoms with E-state index in [1.165, 1.54) is 0 Å². The highest BCUT2D eigenvalue weighted by atomic mass is 79.9. The number of ketones is 1. The molecule has 138 valence electrons. The third kappa shape index (κ3) is 5.09. The van der Waals surface area contributed by atoms with Gasteiger partial charge < -0.3 is 4.90 Å². The first-order chi connectivity index (χ1) is 12.0. The zero-order chi connectivity index (χ0) is 17.8. The number of hydrogen-bond donors (Lipinski definition) is 0. The normalized spacial score (nSPS) is 13.6. The summed E-state index contributed by atoms with van der Waals surface area (Å²) in [7, 11) is 0. The van der Waals surface area contributed by atoms with Crippen LogP contribution in [0.5, 0.6) is 0 Å². The summed E-state index contributed by atoms with van der Waals surface area (Å²) in [5, 5.41) is 0.843. The van der Waals surface area contributed by atoms with Crippen molar-refractivity contribution >= 4 is 57.5 Å². The quantitative estimate of drug-likeness (QED) is 0.517. The Hall–Kier alpha value is -1.36. The number of halogens is 3. The van der Waals surface area contributed by atoms with E-state index in [1.54, 1.807) is 18.2 Å². The Morgan fingerprint density at radius 2 is 1.92 bits per heavy atom. The van der Waals surface area contributed by atoms with Crippen LogP contribution in [0.4, 0.5) is 5.69 Å². The van der Waals surface area contributed by atoms with E-state index in [0.29, 0.717) is 15.6 Å². The Balaban J connectivity index is 0.00000243. The number of aliphatic imine (C=N–C) groups is 1. The van der Waals surface area contributed by atoms with Crippen LogP contribution in [0.25, 0.3) is 0 Å². The molecule has 0 saturated heterocycles. The Morgan fingerprint density at radius 1 is 1.12 bits per heavy atom. The van der Waals surface area contributed by atoms with Crippen LogP contribution in [-0.2, 0) is 0 Å². The van der Waals surface area contributed by atoms with Gasteiger partial charge in [-0.05, 0) is 55.7 Å². The van der Waals surface area contributed by atoms with Gasteiger partial charge in [-0.1, -0.05) is 35.3 Å². The molecule has 2 aromatic carbocycles. The minimum atomic E-state index is -0.00616. The topological polar surface area (TPSA) is 32.7 Å². The van der Waals surface area contributed by atoms with Crippen molar-refractivity contribution in [2.75, 3.05) is 18.0 Å². The zero-order valence-electron chi connectivity index (χ0n) is 14.5. The molecule has 3 rings (SSSR count). The molecular formula is C20H21BrCl2N2O. The molecule has 1 aliphatic heterocycles. The SMILES string of the molecule is Br.Cc1cccc(N(CC(=O)c2ccc(Cl)c(Cl)c2)C2=NCCCC2)c1. The predicted octanol–water partition coefficient (Wildman–Crippen LogP) is 6.15. The monoisotopic (exact) mass is 454 g/mol. The average molecular weight is 456 g/mol. The molecule has 1 aliphatic rings. The molecule has 6 heteroatoms. The first-order valence-corrected chi connectivity index (χ1v) is 9.16. The second-order valence-electron chi connectivity index (χ2n) is 6.23. The van der Waals surface area contributed by atoms with Gasteiger partial charge in [0.05, 0.1) is 16.6 Å². The lowest BCUT2D eigenvalue weighted by Gasteiger charge is -2.28. The van der Waals surface area contributed by atoms with Crippen molar-refractivity contribution in [2.45, 2.75) is 26.2 Å². The number of hydrogen-bond acceptors (Lipinski definition) is 3. The second kappa shape index (κ2) is 9.54. The number of carbonyl (C=O) groups excluding carboxylic acids is 1. The van der Waals surface area contributed by atoms with Crippen LogP contribution in [-0.4, -0.2) is 24.7 Å². The van der Waals surface area contributed by atoms with Crippen molar-refractivity contribution in [3.63, 3.8) is 0 Å². The van der Waals surface area contributed by atoms with E-state index in [4.69, 9.17) is 23.2 Å². The number of rotatable bonds is 4. The van der Waals surface area contributed by atoms with Gasteiger partial charge in [-0.2, -0.15) is 0 Å². The average Bonchev–Trinajstić information content (AvgIpc) is 2.62. The lowest BCUT2D eigenvalue weighted by atomic mass is 10.1. The number of anilines is 1. The summed E-state index contributed by atoms with van der Waals surface area (Å²) in [4.78, 5) is 19.5. The van der Waals surface area contributed by atoms with Crippen LogP contribution >= 0.6 is 40.2 Å². The maximum atomic E-state index is 12.8.